The molecule has 0 bridgehead atoms. The number of piperazine rings is 1. The van der Waals surface area contributed by atoms with Crippen LogP contribution in [0.25, 0.3) is 0 Å². The van der Waals surface area contributed by atoms with Crippen LogP contribution in [0.4, 0.5) is 14.9 Å². The van der Waals surface area contributed by atoms with Gasteiger partial charge in [-0.1, -0.05) is 6.07 Å². The molecule has 3 amide bonds. The summed E-state index contributed by atoms with van der Waals surface area (Å²) in [6, 6.07) is 8.64. The number of carbonyl (C=O) groups is 3. The van der Waals surface area contributed by atoms with Crippen LogP contribution in [0, 0.1) is 5.82 Å². The van der Waals surface area contributed by atoms with Gasteiger partial charge in [-0.25, -0.2) is 19.0 Å². The number of nitrogens with zero attached hydrogens (tertiary/aromatic N) is 3. The van der Waals surface area contributed by atoms with Gasteiger partial charge in [0.25, 0.3) is 5.91 Å². The van der Waals surface area contributed by atoms with Gasteiger partial charge in [0.2, 0.25) is 0 Å². The number of urea groups is 1. The van der Waals surface area contributed by atoms with E-state index in [-0.39, 0.29) is 58.5 Å². The van der Waals surface area contributed by atoms with Gasteiger partial charge in [-0.2, -0.15) is 0 Å². The fraction of sp³-hybridized carbons (Fsp3) is 0.391. The first-order valence-electron chi connectivity index (χ1n) is 11.0. The molecular formula is C23H27FN5NaO4. The molecule has 0 unspecified atom stereocenters. The average molecular weight is 479 g/mol. The maximum absolute atomic E-state index is 14.5. The topological polar surface area (TPSA) is 115 Å². The summed E-state index contributed by atoms with van der Waals surface area (Å²) in [6.07, 6.45) is 2.95. The molecule has 0 atom stereocenters. The number of rotatable bonds is 6. The minimum atomic E-state index is -1.07. The van der Waals surface area contributed by atoms with Crippen LogP contribution in [0.5, 0.6) is 0 Å². The molecule has 2 aliphatic rings. The molecule has 176 valence electrons. The number of carboxylic acid groups (broad SMARTS) is 1. The molecule has 0 spiro atoms. The van der Waals surface area contributed by atoms with Crippen LogP contribution in [0.3, 0.4) is 0 Å². The van der Waals surface area contributed by atoms with E-state index in [0.717, 1.165) is 25.3 Å². The summed E-state index contributed by atoms with van der Waals surface area (Å²) < 4.78 is 14.5. The molecule has 1 aliphatic heterocycles. The first kappa shape index (κ1) is 26.1. The Morgan fingerprint density at radius 2 is 1.82 bits per heavy atom. The van der Waals surface area contributed by atoms with E-state index in [1.807, 2.05) is 0 Å². The third kappa shape index (κ3) is 6.53. The first-order chi connectivity index (χ1) is 15.9. The summed E-state index contributed by atoms with van der Waals surface area (Å²) in [5, 5.41) is 14.4. The number of carboxylic acids is 1. The Labute approximate surface area is 219 Å². The van der Waals surface area contributed by atoms with E-state index in [1.54, 1.807) is 17.0 Å². The van der Waals surface area contributed by atoms with Gasteiger partial charge in [0.1, 0.15) is 11.5 Å². The molecule has 0 radical (unpaired) electrons. The summed E-state index contributed by atoms with van der Waals surface area (Å²) in [4.78, 5) is 43.7. The second-order valence-corrected chi connectivity index (χ2v) is 8.31. The second kappa shape index (κ2) is 11.7. The molecular weight excluding hydrogens is 452 g/mol. The van der Waals surface area contributed by atoms with Crippen LogP contribution in [-0.4, -0.2) is 99.6 Å². The Morgan fingerprint density at radius 1 is 1.09 bits per heavy atom. The minimum absolute atomic E-state index is 0. The van der Waals surface area contributed by atoms with Crippen molar-refractivity contribution in [2.75, 3.05) is 31.5 Å². The van der Waals surface area contributed by atoms with Crippen LogP contribution >= 0.6 is 0 Å². The summed E-state index contributed by atoms with van der Waals surface area (Å²) >= 11 is 0. The molecule has 1 aliphatic carbocycles. The van der Waals surface area contributed by atoms with E-state index < -0.39 is 17.8 Å². The number of nitrogens with one attached hydrogen (secondary N) is 2. The van der Waals surface area contributed by atoms with Crippen LogP contribution in [0.2, 0.25) is 0 Å². The molecule has 1 saturated carbocycles. The number of pyridine rings is 1. The molecule has 34 heavy (non-hydrogen) atoms. The predicted molar refractivity (Wildman–Crippen MR) is 126 cm³/mol. The number of halogens is 1. The Hall–Kier alpha value is -2.53. The van der Waals surface area contributed by atoms with Crippen LogP contribution < -0.4 is 10.6 Å². The van der Waals surface area contributed by atoms with Crippen molar-refractivity contribution in [3.8, 4) is 0 Å². The van der Waals surface area contributed by atoms with Crippen molar-refractivity contribution < 1.29 is 23.9 Å². The molecule has 1 saturated heterocycles. The summed E-state index contributed by atoms with van der Waals surface area (Å²) in [7, 11) is 0. The SMILES string of the molecule is O=C(Nc1ccc(C(=O)N2CCN(Cc3cccc(C(=O)O)n3)CC2)cc1F)NC1CCC1.[NaH]. The Balaban J connectivity index is 0.00000324. The number of anilines is 1. The molecule has 11 heteroatoms. The molecule has 4 rings (SSSR count). The van der Waals surface area contributed by atoms with E-state index in [1.165, 1.54) is 18.2 Å². The quantitative estimate of drug-likeness (QED) is 0.546. The van der Waals surface area contributed by atoms with Crippen molar-refractivity contribution in [2.24, 2.45) is 0 Å². The predicted octanol–water partition coefficient (Wildman–Crippen LogP) is 1.90. The number of carbonyl (C=O) groups excluding carboxylic acids is 2. The van der Waals surface area contributed by atoms with Crippen molar-refractivity contribution in [2.45, 2.75) is 31.8 Å². The van der Waals surface area contributed by atoms with Gasteiger partial charge in [-0.05, 0) is 49.6 Å². The molecule has 3 N–H and O–H groups in total. The van der Waals surface area contributed by atoms with Gasteiger partial charge in [-0.3, -0.25) is 9.69 Å². The number of aromatic nitrogens is 1. The Kier molecular flexibility index (Phi) is 9.01. The molecule has 9 nitrogen and oxygen atoms in total. The van der Waals surface area contributed by atoms with E-state index >= 15 is 0 Å². The van der Waals surface area contributed by atoms with Crippen molar-refractivity contribution in [1.29, 1.82) is 0 Å². The fourth-order valence-corrected chi connectivity index (χ4v) is 3.85. The van der Waals surface area contributed by atoms with Crippen molar-refractivity contribution in [1.82, 2.24) is 20.1 Å². The van der Waals surface area contributed by atoms with E-state index in [4.69, 9.17) is 5.11 Å². The van der Waals surface area contributed by atoms with Gasteiger partial charge < -0.3 is 20.6 Å². The molecule has 2 heterocycles. The summed E-state index contributed by atoms with van der Waals surface area (Å²) in [5.74, 6) is -2.00. The van der Waals surface area contributed by atoms with Crippen molar-refractivity contribution in [3.63, 3.8) is 0 Å². The average Bonchev–Trinajstić information content (AvgIpc) is 2.78. The Bertz CT molecular complexity index is 1060. The molecule has 1 aromatic heterocycles. The molecule has 2 fully saturated rings. The second-order valence-electron chi connectivity index (χ2n) is 8.31. The normalized spacial score (nSPS) is 16.2. The van der Waals surface area contributed by atoms with Gasteiger partial charge in [0.15, 0.2) is 0 Å². The number of hydrogen-bond acceptors (Lipinski definition) is 5. The zero-order valence-electron chi connectivity index (χ0n) is 18.1. The number of amides is 3. The zero-order valence-corrected chi connectivity index (χ0v) is 18.1. The van der Waals surface area contributed by atoms with Crippen LogP contribution in [0.1, 0.15) is 45.8 Å². The third-order valence-corrected chi connectivity index (χ3v) is 5.98. The van der Waals surface area contributed by atoms with Crippen molar-refractivity contribution >= 4 is 53.2 Å². The first-order valence-corrected chi connectivity index (χ1v) is 11.0. The van der Waals surface area contributed by atoms with Crippen LogP contribution in [0.15, 0.2) is 36.4 Å². The van der Waals surface area contributed by atoms with Crippen LogP contribution in [-0.2, 0) is 6.54 Å². The molecule has 1 aromatic carbocycles. The van der Waals surface area contributed by atoms with Gasteiger partial charge in [0.05, 0.1) is 11.4 Å². The monoisotopic (exact) mass is 479 g/mol. The van der Waals surface area contributed by atoms with Gasteiger partial charge in [0, 0.05) is 44.3 Å². The molecule has 2 aromatic rings. The standard InChI is InChI=1S/C23H26FN5O4.Na.H/c24-18-13-15(7-8-19(18)27-23(33)26-16-3-1-4-16)21(30)29-11-9-28(10-12-29)14-17-5-2-6-20(25-17)22(31)32;;/h2,5-8,13,16H,1,3-4,9-12,14H2,(H,31,32)(H2,26,27,33);;. The number of hydrogen-bond donors (Lipinski definition) is 3. The van der Waals surface area contributed by atoms with E-state index in [2.05, 4.69) is 20.5 Å². The Morgan fingerprint density at radius 3 is 2.44 bits per heavy atom. The zero-order chi connectivity index (χ0) is 23.4. The summed E-state index contributed by atoms with van der Waals surface area (Å²) in [5.41, 5.74) is 0.911. The van der Waals surface area contributed by atoms with E-state index in [0.29, 0.717) is 38.4 Å². The van der Waals surface area contributed by atoms with Gasteiger partial charge in [-0.15, -0.1) is 0 Å². The van der Waals surface area contributed by atoms with Gasteiger partial charge >= 0.3 is 41.6 Å². The number of benzene rings is 1. The fourth-order valence-electron chi connectivity index (χ4n) is 3.85. The third-order valence-electron chi connectivity index (χ3n) is 5.98. The maximum atomic E-state index is 14.5. The van der Waals surface area contributed by atoms with E-state index in [9.17, 15) is 18.8 Å². The van der Waals surface area contributed by atoms with Crippen molar-refractivity contribution in [3.05, 3.63) is 59.2 Å². The summed E-state index contributed by atoms with van der Waals surface area (Å²) in [6.45, 7) is 2.59. The number of aromatic carboxylic acids is 1.